The van der Waals surface area contributed by atoms with E-state index < -0.39 is 11.2 Å². The van der Waals surface area contributed by atoms with Crippen LogP contribution < -0.4 is 10.6 Å². The number of carbonyl (C=O) groups excluding carboxylic acids is 1. The number of urea groups is 1. The summed E-state index contributed by atoms with van der Waals surface area (Å²) in [4.78, 5) is 12.1. The maximum atomic E-state index is 12.1. The minimum Gasteiger partial charge on any atom is -0.616 e. The highest BCUT2D eigenvalue weighted by Gasteiger charge is 2.28. The molecule has 1 fully saturated rings. The van der Waals surface area contributed by atoms with Gasteiger partial charge in [0.25, 0.3) is 0 Å². The minimum atomic E-state index is -0.793. The van der Waals surface area contributed by atoms with Crippen molar-refractivity contribution in [2.75, 3.05) is 11.5 Å². The third-order valence-electron chi connectivity index (χ3n) is 4.04. The van der Waals surface area contributed by atoms with Crippen LogP contribution in [-0.4, -0.2) is 28.1 Å². The quantitative estimate of drug-likeness (QED) is 0.853. The summed E-state index contributed by atoms with van der Waals surface area (Å²) < 4.78 is 17.2. The molecule has 5 nitrogen and oxygen atoms in total. The third-order valence-corrected chi connectivity index (χ3v) is 5.50. The molecule has 1 aromatic heterocycles. The Bertz CT molecular complexity index is 685. The third kappa shape index (κ3) is 3.08. The summed E-state index contributed by atoms with van der Waals surface area (Å²) in [5.74, 6) is 1.99. The van der Waals surface area contributed by atoms with Gasteiger partial charge in [0.15, 0.2) is 0 Å². The summed E-state index contributed by atoms with van der Waals surface area (Å²) in [7, 11) is 0. The van der Waals surface area contributed by atoms with Gasteiger partial charge in [0.2, 0.25) is 0 Å². The Morgan fingerprint density at radius 3 is 2.91 bits per heavy atom. The second kappa shape index (κ2) is 6.22. The Morgan fingerprint density at radius 1 is 1.45 bits per heavy atom. The van der Waals surface area contributed by atoms with Crippen LogP contribution in [0.15, 0.2) is 28.7 Å². The van der Waals surface area contributed by atoms with Gasteiger partial charge in [-0.2, -0.15) is 0 Å². The molecule has 3 atom stereocenters. The lowest BCUT2D eigenvalue weighted by atomic mass is 10.1. The number of nitrogens with one attached hydrogen (secondary N) is 2. The van der Waals surface area contributed by atoms with Gasteiger partial charge in [0, 0.05) is 17.4 Å². The van der Waals surface area contributed by atoms with Crippen molar-refractivity contribution >= 4 is 28.2 Å². The molecule has 1 saturated heterocycles. The highest BCUT2D eigenvalue weighted by atomic mass is 32.2. The molecule has 0 aliphatic carbocycles. The number of furan rings is 1. The highest BCUT2D eigenvalue weighted by Crippen LogP contribution is 2.29. The first kappa shape index (κ1) is 15.2. The molecule has 6 heteroatoms. The standard InChI is InChI=1S/C16H20N2O3S/c1-10-13-5-3-4-6-14(13)21-15(10)11(2)17-16(19)18-12-7-8-22(20)9-12/h3-6,11-12H,7-9H2,1-2H3,(H2,17,18,19). The predicted octanol–water partition coefficient (Wildman–Crippen LogP) is 2.62. The van der Waals surface area contributed by atoms with E-state index in [-0.39, 0.29) is 18.1 Å². The smallest absolute Gasteiger partial charge is 0.315 e. The number of benzene rings is 1. The van der Waals surface area contributed by atoms with Crippen LogP contribution in [0.4, 0.5) is 4.79 Å². The van der Waals surface area contributed by atoms with Crippen LogP contribution in [0.3, 0.4) is 0 Å². The van der Waals surface area contributed by atoms with Crippen LogP contribution in [0, 0.1) is 6.92 Å². The average molecular weight is 320 g/mol. The largest absolute Gasteiger partial charge is 0.616 e. The molecule has 0 spiro atoms. The lowest BCUT2D eigenvalue weighted by molar-refractivity contribution is 0.233. The zero-order valence-electron chi connectivity index (χ0n) is 12.7. The number of rotatable bonds is 3. The molecular formula is C16H20N2O3S. The second-order valence-electron chi connectivity index (χ2n) is 5.72. The molecule has 1 aliphatic rings. The Balaban J connectivity index is 1.66. The molecule has 1 aliphatic heterocycles. The molecule has 2 aromatic rings. The van der Waals surface area contributed by atoms with Crippen molar-refractivity contribution in [3.8, 4) is 0 Å². The molecule has 1 aromatic carbocycles. The van der Waals surface area contributed by atoms with E-state index in [1.54, 1.807) is 0 Å². The van der Waals surface area contributed by atoms with Crippen LogP contribution in [0.5, 0.6) is 0 Å². The van der Waals surface area contributed by atoms with Crippen LogP contribution in [0.25, 0.3) is 11.0 Å². The van der Waals surface area contributed by atoms with E-state index in [4.69, 9.17) is 4.42 Å². The van der Waals surface area contributed by atoms with Crippen molar-refractivity contribution in [1.82, 2.24) is 10.6 Å². The minimum absolute atomic E-state index is 0.00445. The Kier molecular flexibility index (Phi) is 4.31. The molecular weight excluding hydrogens is 300 g/mol. The average Bonchev–Trinajstić information content (AvgIpc) is 3.03. The summed E-state index contributed by atoms with van der Waals surface area (Å²) in [5.41, 5.74) is 1.88. The van der Waals surface area contributed by atoms with E-state index in [1.807, 2.05) is 38.1 Å². The number of para-hydroxylation sites is 1. The second-order valence-corrected chi connectivity index (χ2v) is 7.34. The molecule has 0 saturated carbocycles. The van der Waals surface area contributed by atoms with Gasteiger partial charge in [-0.05, 0) is 19.9 Å². The van der Waals surface area contributed by atoms with Crippen molar-refractivity contribution < 1.29 is 13.8 Å². The number of hydrogen-bond donors (Lipinski definition) is 2. The first-order valence-electron chi connectivity index (χ1n) is 7.44. The van der Waals surface area contributed by atoms with E-state index in [9.17, 15) is 9.35 Å². The van der Waals surface area contributed by atoms with Gasteiger partial charge in [-0.25, -0.2) is 4.79 Å². The van der Waals surface area contributed by atoms with Gasteiger partial charge < -0.3 is 19.6 Å². The van der Waals surface area contributed by atoms with Crippen molar-refractivity contribution in [3.05, 3.63) is 35.6 Å². The number of carbonyl (C=O) groups is 1. The van der Waals surface area contributed by atoms with E-state index in [2.05, 4.69) is 10.6 Å². The van der Waals surface area contributed by atoms with E-state index in [0.29, 0.717) is 11.5 Å². The molecule has 0 bridgehead atoms. The summed E-state index contributed by atoms with van der Waals surface area (Å²) in [6.45, 7) is 3.90. The lowest BCUT2D eigenvalue weighted by Gasteiger charge is -2.15. The molecule has 0 radical (unpaired) electrons. The number of hydrogen-bond acceptors (Lipinski definition) is 3. The molecule has 2 amide bonds. The summed E-state index contributed by atoms with van der Waals surface area (Å²) in [5, 5.41) is 6.84. The van der Waals surface area contributed by atoms with Crippen molar-refractivity contribution in [2.24, 2.45) is 0 Å². The lowest BCUT2D eigenvalue weighted by Crippen LogP contribution is -2.43. The first-order valence-corrected chi connectivity index (χ1v) is 8.93. The fourth-order valence-electron chi connectivity index (χ4n) is 2.87. The van der Waals surface area contributed by atoms with Gasteiger partial charge >= 0.3 is 6.03 Å². The number of fused-ring (bicyclic) bond motifs is 1. The van der Waals surface area contributed by atoms with Crippen LogP contribution in [0.1, 0.15) is 30.7 Å². The zero-order valence-corrected chi connectivity index (χ0v) is 13.5. The maximum Gasteiger partial charge on any atom is 0.315 e. The zero-order chi connectivity index (χ0) is 15.7. The van der Waals surface area contributed by atoms with Crippen molar-refractivity contribution in [3.63, 3.8) is 0 Å². The van der Waals surface area contributed by atoms with E-state index in [0.717, 1.165) is 28.7 Å². The van der Waals surface area contributed by atoms with E-state index >= 15 is 0 Å². The van der Waals surface area contributed by atoms with Crippen LogP contribution in [0.2, 0.25) is 0 Å². The van der Waals surface area contributed by atoms with Crippen LogP contribution >= 0.6 is 0 Å². The van der Waals surface area contributed by atoms with Gasteiger partial charge in [-0.3, -0.25) is 0 Å². The van der Waals surface area contributed by atoms with Crippen molar-refractivity contribution in [2.45, 2.75) is 32.4 Å². The molecule has 3 unspecified atom stereocenters. The molecule has 2 heterocycles. The molecule has 3 rings (SSSR count). The Morgan fingerprint density at radius 2 is 2.23 bits per heavy atom. The highest BCUT2D eigenvalue weighted by molar-refractivity contribution is 7.91. The van der Waals surface area contributed by atoms with Gasteiger partial charge in [-0.1, -0.05) is 29.4 Å². The maximum absolute atomic E-state index is 12.1. The SMILES string of the molecule is Cc1c(C(C)NC(=O)NC2CC[S+]([O-])C2)oc2ccccc12. The molecule has 118 valence electrons. The number of aryl methyl sites for hydroxylation is 1. The van der Waals surface area contributed by atoms with Gasteiger partial charge in [-0.15, -0.1) is 0 Å². The fraction of sp³-hybridized carbons (Fsp3) is 0.438. The van der Waals surface area contributed by atoms with Crippen LogP contribution in [-0.2, 0) is 11.2 Å². The topological polar surface area (TPSA) is 77.3 Å². The summed E-state index contributed by atoms with van der Waals surface area (Å²) in [6.07, 6.45) is 0.776. The number of amides is 2. The van der Waals surface area contributed by atoms with Crippen molar-refractivity contribution in [1.29, 1.82) is 0 Å². The monoisotopic (exact) mass is 320 g/mol. The normalized spacial score (nSPS) is 22.7. The summed E-state index contributed by atoms with van der Waals surface area (Å²) in [6, 6.07) is 7.38. The van der Waals surface area contributed by atoms with Gasteiger partial charge in [0.05, 0.1) is 12.1 Å². The Hall–Kier alpha value is -1.66. The predicted molar refractivity (Wildman–Crippen MR) is 87.3 cm³/mol. The Labute approximate surface area is 132 Å². The molecule has 22 heavy (non-hydrogen) atoms. The first-order chi connectivity index (χ1) is 10.5. The van der Waals surface area contributed by atoms with Gasteiger partial charge in [0.1, 0.15) is 22.8 Å². The molecule has 2 N–H and O–H groups in total. The van der Waals surface area contributed by atoms with E-state index in [1.165, 1.54) is 0 Å². The fourth-order valence-corrected chi connectivity index (χ4v) is 4.29. The summed E-state index contributed by atoms with van der Waals surface area (Å²) >= 11 is -0.793.